The molecule has 132 valence electrons. The number of nitrogens with zero attached hydrogens (tertiary/aromatic N) is 3. The molecule has 2 aliphatic heterocycles. The van der Waals surface area contributed by atoms with Crippen molar-refractivity contribution >= 4 is 11.8 Å². The molecule has 3 atom stereocenters. The number of rotatable bonds is 6. The van der Waals surface area contributed by atoms with Crippen molar-refractivity contribution in [3.05, 3.63) is 12.2 Å². The van der Waals surface area contributed by atoms with Crippen LogP contribution >= 0.6 is 0 Å². The van der Waals surface area contributed by atoms with E-state index in [9.17, 15) is 9.59 Å². The van der Waals surface area contributed by atoms with Crippen molar-refractivity contribution in [2.45, 2.75) is 50.2 Å². The fraction of sp³-hybridized carbons (Fsp3) is 0.706. The fourth-order valence-electron chi connectivity index (χ4n) is 3.45. The van der Waals surface area contributed by atoms with Crippen molar-refractivity contribution in [3.63, 3.8) is 0 Å². The van der Waals surface area contributed by atoms with Crippen molar-refractivity contribution in [3.8, 4) is 6.07 Å². The minimum Gasteiger partial charge on any atom is -0.383 e. The molecule has 0 aromatic carbocycles. The molecule has 2 aliphatic rings. The van der Waals surface area contributed by atoms with Gasteiger partial charge in [-0.3, -0.25) is 9.59 Å². The van der Waals surface area contributed by atoms with Crippen LogP contribution in [0.5, 0.6) is 0 Å². The minimum atomic E-state index is -0.939. The molecule has 0 saturated carbocycles. The molecule has 2 N–H and O–H groups in total. The molecule has 2 amide bonds. The zero-order valence-electron chi connectivity index (χ0n) is 14.2. The van der Waals surface area contributed by atoms with Gasteiger partial charge in [0, 0.05) is 26.6 Å². The number of nitrogens with two attached hydrogens (primary N) is 1. The van der Waals surface area contributed by atoms with Gasteiger partial charge in [-0.2, -0.15) is 5.26 Å². The zero-order chi connectivity index (χ0) is 17.7. The number of amides is 2. The van der Waals surface area contributed by atoms with Crippen molar-refractivity contribution in [1.82, 2.24) is 9.80 Å². The molecule has 7 nitrogen and oxygen atoms in total. The van der Waals surface area contributed by atoms with Gasteiger partial charge in [0.25, 0.3) is 0 Å². The second-order valence-electron chi connectivity index (χ2n) is 6.47. The Labute approximate surface area is 143 Å². The molecule has 0 radical (unpaired) electrons. The van der Waals surface area contributed by atoms with E-state index in [4.69, 9.17) is 15.7 Å². The standard InChI is InChI=1S/C17H26N4O3/c1-12(9-15(22)20-7-4-6-14(20)11-24-2)16(19)17(23)21-8-3-5-13(21)10-18/h13-14,16H,1,3-9,11,19H2,2H3/t13-,14?,16?/m0/s1. The normalized spacial score (nSPS) is 24.7. The maximum atomic E-state index is 12.5. The molecule has 2 fully saturated rings. The second-order valence-corrected chi connectivity index (χ2v) is 6.47. The van der Waals surface area contributed by atoms with Gasteiger partial charge in [-0.15, -0.1) is 0 Å². The lowest BCUT2D eigenvalue weighted by atomic mass is 10.0. The van der Waals surface area contributed by atoms with Crippen LogP contribution in [-0.2, 0) is 14.3 Å². The van der Waals surface area contributed by atoms with E-state index in [1.807, 2.05) is 0 Å². The van der Waals surface area contributed by atoms with Crippen LogP contribution in [0.4, 0.5) is 0 Å². The van der Waals surface area contributed by atoms with Gasteiger partial charge in [-0.05, 0) is 31.3 Å². The number of carbonyl (C=O) groups is 2. The minimum absolute atomic E-state index is 0.0538. The van der Waals surface area contributed by atoms with Crippen LogP contribution in [0.15, 0.2) is 12.2 Å². The summed E-state index contributed by atoms with van der Waals surface area (Å²) in [5.74, 6) is -0.382. The summed E-state index contributed by atoms with van der Waals surface area (Å²) in [5, 5.41) is 9.09. The molecular weight excluding hydrogens is 308 g/mol. The Balaban J connectivity index is 1.92. The van der Waals surface area contributed by atoms with Crippen LogP contribution in [-0.4, -0.2) is 66.5 Å². The average Bonchev–Trinajstić information content (AvgIpc) is 3.22. The molecule has 2 rings (SSSR count). The second kappa shape index (κ2) is 8.27. The van der Waals surface area contributed by atoms with Crippen LogP contribution < -0.4 is 5.73 Å². The van der Waals surface area contributed by atoms with Crippen LogP contribution in [0.2, 0.25) is 0 Å². The number of nitriles is 1. The Bertz CT molecular complexity index is 542. The number of likely N-dealkylation sites (tertiary alicyclic amines) is 2. The lowest BCUT2D eigenvalue weighted by Gasteiger charge is -2.27. The van der Waals surface area contributed by atoms with Gasteiger partial charge in [0.15, 0.2) is 0 Å². The summed E-state index contributed by atoms with van der Waals surface area (Å²) in [4.78, 5) is 28.3. The highest BCUT2D eigenvalue weighted by Gasteiger charge is 2.34. The molecule has 2 heterocycles. The molecule has 2 saturated heterocycles. The number of hydrogen-bond donors (Lipinski definition) is 1. The first kappa shape index (κ1) is 18.4. The maximum absolute atomic E-state index is 12.5. The number of hydrogen-bond acceptors (Lipinski definition) is 5. The summed E-state index contributed by atoms with van der Waals surface area (Å²) in [6.07, 6.45) is 3.41. The topological polar surface area (TPSA) is 99.7 Å². The van der Waals surface area contributed by atoms with Crippen LogP contribution in [0.1, 0.15) is 32.1 Å². The van der Waals surface area contributed by atoms with E-state index in [0.29, 0.717) is 31.7 Å². The summed E-state index contributed by atoms with van der Waals surface area (Å²) < 4.78 is 5.16. The third-order valence-corrected chi connectivity index (χ3v) is 4.83. The van der Waals surface area contributed by atoms with Gasteiger partial charge in [0.1, 0.15) is 12.1 Å². The van der Waals surface area contributed by atoms with Crippen molar-refractivity contribution in [2.24, 2.45) is 5.73 Å². The molecule has 0 bridgehead atoms. The van der Waals surface area contributed by atoms with E-state index in [1.165, 1.54) is 4.90 Å². The molecule has 0 aromatic rings. The molecule has 24 heavy (non-hydrogen) atoms. The first-order valence-electron chi connectivity index (χ1n) is 8.41. The SMILES string of the molecule is C=C(CC(=O)N1CCCC1COC)C(N)C(=O)N1CCC[C@H]1C#N. The van der Waals surface area contributed by atoms with E-state index in [1.54, 1.807) is 12.0 Å². The van der Waals surface area contributed by atoms with Crippen LogP contribution in [0, 0.1) is 11.3 Å². The first-order chi connectivity index (χ1) is 11.5. The average molecular weight is 334 g/mol. The van der Waals surface area contributed by atoms with E-state index >= 15 is 0 Å². The Morgan fingerprint density at radius 3 is 2.67 bits per heavy atom. The lowest BCUT2D eigenvalue weighted by molar-refractivity contribution is -0.132. The lowest BCUT2D eigenvalue weighted by Crippen LogP contribution is -2.47. The third kappa shape index (κ3) is 3.94. The van der Waals surface area contributed by atoms with Crippen molar-refractivity contribution in [1.29, 1.82) is 5.26 Å². The highest BCUT2D eigenvalue weighted by atomic mass is 16.5. The highest BCUT2D eigenvalue weighted by molar-refractivity contribution is 5.88. The summed E-state index contributed by atoms with van der Waals surface area (Å²) >= 11 is 0. The van der Waals surface area contributed by atoms with Crippen LogP contribution in [0.3, 0.4) is 0 Å². The zero-order valence-corrected chi connectivity index (χ0v) is 14.2. The van der Waals surface area contributed by atoms with Gasteiger partial charge in [0.2, 0.25) is 11.8 Å². The Morgan fingerprint density at radius 2 is 2.00 bits per heavy atom. The predicted molar refractivity (Wildman–Crippen MR) is 88.7 cm³/mol. The maximum Gasteiger partial charge on any atom is 0.244 e. The van der Waals surface area contributed by atoms with E-state index < -0.39 is 12.1 Å². The van der Waals surface area contributed by atoms with Crippen LogP contribution in [0.25, 0.3) is 0 Å². The molecule has 7 heteroatoms. The van der Waals surface area contributed by atoms with Crippen molar-refractivity contribution < 1.29 is 14.3 Å². The molecule has 0 aromatic heterocycles. The quantitative estimate of drug-likeness (QED) is 0.709. The Morgan fingerprint density at radius 1 is 1.33 bits per heavy atom. The monoisotopic (exact) mass is 334 g/mol. The Kier molecular flexibility index (Phi) is 6.35. The highest BCUT2D eigenvalue weighted by Crippen LogP contribution is 2.22. The molecule has 0 spiro atoms. The number of carbonyl (C=O) groups excluding carboxylic acids is 2. The van der Waals surface area contributed by atoms with Gasteiger partial charge in [0.05, 0.1) is 18.7 Å². The smallest absolute Gasteiger partial charge is 0.244 e. The number of methoxy groups -OCH3 is 1. The summed E-state index contributed by atoms with van der Waals surface area (Å²) in [7, 11) is 1.62. The van der Waals surface area contributed by atoms with Gasteiger partial charge >= 0.3 is 0 Å². The third-order valence-electron chi connectivity index (χ3n) is 4.83. The van der Waals surface area contributed by atoms with Gasteiger partial charge in [-0.25, -0.2) is 0 Å². The van der Waals surface area contributed by atoms with Crippen molar-refractivity contribution in [2.75, 3.05) is 26.8 Å². The Hall–Kier alpha value is -1.91. The van der Waals surface area contributed by atoms with Gasteiger partial charge in [-0.1, -0.05) is 6.58 Å². The number of ether oxygens (including phenoxy) is 1. The molecule has 2 unspecified atom stereocenters. The summed E-state index contributed by atoms with van der Waals surface area (Å²) in [6, 6.07) is 0.853. The fourth-order valence-corrected chi connectivity index (χ4v) is 3.45. The summed E-state index contributed by atoms with van der Waals surface area (Å²) in [6.45, 7) is 5.60. The van der Waals surface area contributed by atoms with E-state index in [-0.39, 0.29) is 24.3 Å². The van der Waals surface area contributed by atoms with E-state index in [0.717, 1.165) is 19.3 Å². The van der Waals surface area contributed by atoms with E-state index in [2.05, 4.69) is 12.6 Å². The largest absolute Gasteiger partial charge is 0.383 e. The predicted octanol–water partition coefficient (Wildman–Crippen LogP) is 0.412. The first-order valence-corrected chi connectivity index (χ1v) is 8.41. The molecule has 0 aliphatic carbocycles. The summed E-state index contributed by atoms with van der Waals surface area (Å²) in [5.41, 5.74) is 6.40. The van der Waals surface area contributed by atoms with Gasteiger partial charge < -0.3 is 20.3 Å². The molecular formula is C17H26N4O3.